The van der Waals surface area contributed by atoms with Gasteiger partial charge in [-0.1, -0.05) is 15.9 Å². The number of pyridine rings is 1. The van der Waals surface area contributed by atoms with Crippen LogP contribution in [-0.2, 0) is 5.33 Å². The smallest absolute Gasteiger partial charge is 0.280 e. The molecule has 0 saturated heterocycles. The van der Waals surface area contributed by atoms with Crippen LogP contribution in [-0.4, -0.2) is 12.1 Å². The number of rotatable bonds is 3. The fraction of sp³-hybridized carbons (Fsp3) is 0.375. The molecule has 0 aliphatic carbocycles. The molecule has 1 aromatic heterocycles. The second-order valence-electron chi connectivity index (χ2n) is 2.36. The number of nitrogens with zero attached hydrogens (tertiary/aromatic N) is 1. The highest BCUT2D eigenvalue weighted by Gasteiger charge is 2.11. The van der Waals surface area contributed by atoms with Gasteiger partial charge in [0.2, 0.25) is 0 Å². The lowest BCUT2D eigenvalue weighted by Crippen LogP contribution is -1.96. The molecule has 2 nitrogen and oxygen atoms in total. The zero-order chi connectivity index (χ0) is 9.84. The summed E-state index contributed by atoms with van der Waals surface area (Å²) in [6, 6.07) is 2.84. The van der Waals surface area contributed by atoms with E-state index in [2.05, 4.69) is 20.9 Å². The van der Waals surface area contributed by atoms with Gasteiger partial charge in [-0.15, -0.1) is 0 Å². The highest BCUT2D eigenvalue weighted by molar-refractivity contribution is 9.08. The van der Waals surface area contributed by atoms with Crippen molar-refractivity contribution >= 4 is 15.9 Å². The highest BCUT2D eigenvalue weighted by atomic mass is 79.9. The lowest BCUT2D eigenvalue weighted by molar-refractivity contribution is 0.145. The summed E-state index contributed by atoms with van der Waals surface area (Å²) in [6.07, 6.45) is -2.56. The summed E-state index contributed by atoms with van der Waals surface area (Å²) in [4.78, 5) is 3.72. The SMILES string of the molecule is COc1cc(CBr)nc(C(F)F)c1. The van der Waals surface area contributed by atoms with Crippen LogP contribution in [0.15, 0.2) is 12.1 Å². The maximum Gasteiger partial charge on any atom is 0.280 e. The van der Waals surface area contributed by atoms with E-state index in [1.165, 1.54) is 13.2 Å². The molecule has 5 heteroatoms. The van der Waals surface area contributed by atoms with E-state index in [-0.39, 0.29) is 5.69 Å². The van der Waals surface area contributed by atoms with E-state index in [1.807, 2.05) is 0 Å². The van der Waals surface area contributed by atoms with Gasteiger partial charge in [0.15, 0.2) is 0 Å². The molecule has 0 amide bonds. The molecule has 1 aromatic rings. The van der Waals surface area contributed by atoms with Gasteiger partial charge in [-0.3, -0.25) is 4.98 Å². The standard InChI is InChI=1S/C8H8BrF2NO/c1-13-6-2-5(4-9)12-7(3-6)8(10)11/h2-3,8H,4H2,1H3. The normalized spacial score (nSPS) is 10.5. The Morgan fingerprint density at radius 1 is 1.54 bits per heavy atom. The molecule has 0 aliphatic rings. The van der Waals surface area contributed by atoms with E-state index in [0.29, 0.717) is 16.8 Å². The van der Waals surface area contributed by atoms with Gasteiger partial charge in [0.1, 0.15) is 11.4 Å². The summed E-state index contributed by atoms with van der Waals surface area (Å²) in [7, 11) is 1.43. The molecule has 0 N–H and O–H groups in total. The number of ether oxygens (including phenoxy) is 1. The number of aromatic nitrogens is 1. The minimum atomic E-state index is -2.56. The minimum Gasteiger partial charge on any atom is -0.497 e. The van der Waals surface area contributed by atoms with Crippen molar-refractivity contribution in [3.63, 3.8) is 0 Å². The van der Waals surface area contributed by atoms with E-state index in [1.54, 1.807) is 6.07 Å². The molecule has 0 unspecified atom stereocenters. The predicted octanol–water partition coefficient (Wildman–Crippen LogP) is 2.92. The largest absolute Gasteiger partial charge is 0.497 e. The summed E-state index contributed by atoms with van der Waals surface area (Å²) in [5.74, 6) is 0.403. The van der Waals surface area contributed by atoms with E-state index in [0.717, 1.165) is 0 Å². The van der Waals surface area contributed by atoms with Gasteiger partial charge in [0, 0.05) is 17.5 Å². The Morgan fingerprint density at radius 3 is 2.69 bits per heavy atom. The predicted molar refractivity (Wildman–Crippen MR) is 48.4 cm³/mol. The van der Waals surface area contributed by atoms with Crippen molar-refractivity contribution in [3.8, 4) is 5.75 Å². The molecule has 1 rings (SSSR count). The van der Waals surface area contributed by atoms with Crippen molar-refractivity contribution in [2.75, 3.05) is 7.11 Å². The minimum absolute atomic E-state index is 0.256. The lowest BCUT2D eigenvalue weighted by atomic mass is 10.3. The molecule has 0 aliphatic heterocycles. The van der Waals surface area contributed by atoms with Crippen LogP contribution in [0.4, 0.5) is 8.78 Å². The first-order valence-electron chi connectivity index (χ1n) is 3.56. The van der Waals surface area contributed by atoms with Gasteiger partial charge < -0.3 is 4.74 Å². The monoisotopic (exact) mass is 251 g/mol. The third kappa shape index (κ3) is 2.62. The van der Waals surface area contributed by atoms with E-state index in [4.69, 9.17) is 4.74 Å². The third-order valence-corrected chi connectivity index (χ3v) is 2.04. The topological polar surface area (TPSA) is 22.1 Å². The summed E-state index contributed by atoms with van der Waals surface area (Å²) >= 11 is 3.14. The number of hydrogen-bond acceptors (Lipinski definition) is 2. The molecule has 0 bridgehead atoms. The second-order valence-corrected chi connectivity index (χ2v) is 2.92. The Hall–Kier alpha value is -0.710. The fourth-order valence-electron chi connectivity index (χ4n) is 0.880. The Balaban J connectivity index is 3.07. The van der Waals surface area contributed by atoms with Crippen molar-refractivity contribution < 1.29 is 13.5 Å². The number of halogens is 3. The Kier molecular flexibility index (Phi) is 3.59. The molecule has 0 aromatic carbocycles. The summed E-state index contributed by atoms with van der Waals surface area (Å²) < 4.78 is 29.4. The molecule has 13 heavy (non-hydrogen) atoms. The van der Waals surface area contributed by atoms with Crippen LogP contribution >= 0.6 is 15.9 Å². The van der Waals surface area contributed by atoms with E-state index < -0.39 is 6.43 Å². The molecule has 0 radical (unpaired) electrons. The highest BCUT2D eigenvalue weighted by Crippen LogP contribution is 2.23. The van der Waals surface area contributed by atoms with Crippen LogP contribution in [0.2, 0.25) is 0 Å². The van der Waals surface area contributed by atoms with E-state index >= 15 is 0 Å². The van der Waals surface area contributed by atoms with Gasteiger partial charge in [-0.05, 0) is 0 Å². The van der Waals surface area contributed by atoms with Crippen LogP contribution in [0.25, 0.3) is 0 Å². The van der Waals surface area contributed by atoms with Crippen LogP contribution in [0, 0.1) is 0 Å². The maximum absolute atomic E-state index is 12.3. The van der Waals surface area contributed by atoms with Gasteiger partial charge in [-0.2, -0.15) is 0 Å². The maximum atomic E-state index is 12.3. The average Bonchev–Trinajstić information content (AvgIpc) is 2.16. The summed E-state index contributed by atoms with van der Waals surface area (Å²) in [5, 5.41) is 0.434. The van der Waals surface area contributed by atoms with Crippen LogP contribution in [0.3, 0.4) is 0 Å². The van der Waals surface area contributed by atoms with Gasteiger partial charge in [0.05, 0.1) is 12.8 Å². The van der Waals surface area contributed by atoms with Crippen LogP contribution in [0.1, 0.15) is 17.8 Å². The van der Waals surface area contributed by atoms with Crippen molar-refractivity contribution in [2.24, 2.45) is 0 Å². The first-order chi connectivity index (χ1) is 6.17. The second kappa shape index (κ2) is 4.50. The molecule has 72 valence electrons. The average molecular weight is 252 g/mol. The van der Waals surface area contributed by atoms with E-state index in [9.17, 15) is 8.78 Å². The number of alkyl halides is 3. The third-order valence-electron chi connectivity index (χ3n) is 1.47. The summed E-state index contributed by atoms with van der Waals surface area (Å²) in [5.41, 5.74) is 0.281. The molecular weight excluding hydrogens is 244 g/mol. The molecular formula is C8H8BrF2NO. The molecule has 0 atom stereocenters. The zero-order valence-corrected chi connectivity index (χ0v) is 8.51. The summed E-state index contributed by atoms with van der Waals surface area (Å²) in [6.45, 7) is 0. The first kappa shape index (κ1) is 10.4. The molecule has 1 heterocycles. The van der Waals surface area contributed by atoms with Gasteiger partial charge in [-0.25, -0.2) is 8.78 Å². The Bertz CT molecular complexity index is 271. The zero-order valence-electron chi connectivity index (χ0n) is 6.93. The van der Waals surface area contributed by atoms with Crippen molar-refractivity contribution in [2.45, 2.75) is 11.8 Å². The first-order valence-corrected chi connectivity index (χ1v) is 4.68. The fourth-order valence-corrected chi connectivity index (χ4v) is 1.17. The van der Waals surface area contributed by atoms with Crippen molar-refractivity contribution in [1.29, 1.82) is 0 Å². The quantitative estimate of drug-likeness (QED) is 0.771. The van der Waals surface area contributed by atoms with Gasteiger partial charge >= 0.3 is 0 Å². The number of hydrogen-bond donors (Lipinski definition) is 0. The van der Waals surface area contributed by atoms with Gasteiger partial charge in [0.25, 0.3) is 6.43 Å². The Morgan fingerprint density at radius 2 is 2.23 bits per heavy atom. The van der Waals surface area contributed by atoms with Crippen LogP contribution in [0.5, 0.6) is 5.75 Å². The lowest BCUT2D eigenvalue weighted by Gasteiger charge is -2.05. The van der Waals surface area contributed by atoms with Crippen LogP contribution < -0.4 is 4.74 Å². The van der Waals surface area contributed by atoms with Crippen molar-refractivity contribution in [3.05, 3.63) is 23.5 Å². The molecule has 0 spiro atoms. The number of methoxy groups -OCH3 is 1. The Labute approximate surface area is 83.1 Å². The van der Waals surface area contributed by atoms with Crippen molar-refractivity contribution in [1.82, 2.24) is 4.98 Å². The molecule has 0 fully saturated rings. The molecule has 0 saturated carbocycles.